The predicted octanol–water partition coefficient (Wildman–Crippen LogP) is 3.05. The molecule has 1 heterocycles. The molecule has 27 heavy (non-hydrogen) atoms. The second-order valence-electron chi connectivity index (χ2n) is 6.14. The molecule has 0 bridgehead atoms. The number of carbonyl (C=O) groups excluding carboxylic acids is 2. The van der Waals surface area contributed by atoms with Gasteiger partial charge in [0.2, 0.25) is 0 Å². The van der Waals surface area contributed by atoms with Gasteiger partial charge in [-0.05, 0) is 48.9 Å². The lowest BCUT2D eigenvalue weighted by Crippen LogP contribution is -2.25. The number of amides is 2. The maximum atomic E-state index is 13.2. The lowest BCUT2D eigenvalue weighted by molar-refractivity contribution is 0.0940. The molecule has 6 nitrogen and oxygen atoms in total. The Hall–Kier alpha value is -3.48. The Morgan fingerprint density at radius 3 is 2.56 bits per heavy atom. The Bertz CT molecular complexity index is 997. The first kappa shape index (κ1) is 18.3. The number of rotatable bonds is 5. The number of hydrogen-bond donors (Lipinski definition) is 2. The number of aryl methyl sites for hydroxylation is 2. The molecule has 7 heteroatoms. The van der Waals surface area contributed by atoms with Crippen molar-refractivity contribution < 1.29 is 14.0 Å². The molecule has 0 aliphatic rings. The van der Waals surface area contributed by atoms with Crippen LogP contribution in [0.15, 0.2) is 54.6 Å². The number of nitrogens with zero attached hydrogens (tertiary/aromatic N) is 2. The number of aromatic nitrogens is 2. The first-order valence-electron chi connectivity index (χ1n) is 8.37. The van der Waals surface area contributed by atoms with E-state index in [1.54, 1.807) is 37.4 Å². The van der Waals surface area contributed by atoms with Crippen LogP contribution in [-0.2, 0) is 13.6 Å². The third-order valence-electron chi connectivity index (χ3n) is 3.96. The minimum atomic E-state index is -0.468. The quantitative estimate of drug-likeness (QED) is 0.729. The van der Waals surface area contributed by atoms with Gasteiger partial charge >= 0.3 is 0 Å². The fraction of sp³-hybridized carbons (Fsp3) is 0.150. The van der Waals surface area contributed by atoms with E-state index in [9.17, 15) is 14.0 Å². The summed E-state index contributed by atoms with van der Waals surface area (Å²) in [6, 6.07) is 14.3. The van der Waals surface area contributed by atoms with Crippen LogP contribution in [0.25, 0.3) is 0 Å². The number of halogens is 1. The van der Waals surface area contributed by atoms with Crippen LogP contribution in [0, 0.1) is 12.7 Å². The van der Waals surface area contributed by atoms with Crippen LogP contribution < -0.4 is 10.6 Å². The van der Waals surface area contributed by atoms with E-state index in [-0.39, 0.29) is 11.5 Å². The zero-order valence-corrected chi connectivity index (χ0v) is 15.0. The summed E-state index contributed by atoms with van der Waals surface area (Å²) >= 11 is 0. The van der Waals surface area contributed by atoms with Crippen LogP contribution in [0.4, 0.5) is 10.1 Å². The molecule has 0 aliphatic heterocycles. The summed E-state index contributed by atoms with van der Waals surface area (Å²) in [5, 5.41) is 9.70. The van der Waals surface area contributed by atoms with E-state index in [0.717, 1.165) is 11.3 Å². The van der Waals surface area contributed by atoms with Crippen LogP contribution in [0.2, 0.25) is 0 Å². The molecular weight excluding hydrogens is 347 g/mol. The van der Waals surface area contributed by atoms with Gasteiger partial charge < -0.3 is 10.6 Å². The fourth-order valence-electron chi connectivity index (χ4n) is 2.69. The summed E-state index contributed by atoms with van der Waals surface area (Å²) in [4.78, 5) is 24.5. The molecule has 0 saturated heterocycles. The Labute approximate surface area is 156 Å². The second-order valence-corrected chi connectivity index (χ2v) is 6.14. The van der Waals surface area contributed by atoms with Crippen molar-refractivity contribution in [3.05, 3.63) is 82.9 Å². The van der Waals surface area contributed by atoms with Crippen molar-refractivity contribution in [3.63, 3.8) is 0 Å². The van der Waals surface area contributed by atoms with Crippen molar-refractivity contribution >= 4 is 17.5 Å². The Kier molecular flexibility index (Phi) is 5.30. The molecule has 0 radical (unpaired) electrons. The third-order valence-corrected chi connectivity index (χ3v) is 3.96. The SMILES string of the molecule is Cc1cc(C(=O)NCc2cccc(NC(=O)c3cccc(F)c3)c2)n(C)n1. The molecule has 0 unspecified atom stereocenters. The van der Waals surface area contributed by atoms with Gasteiger partial charge in [-0.15, -0.1) is 0 Å². The number of hydrogen-bond acceptors (Lipinski definition) is 3. The van der Waals surface area contributed by atoms with Gasteiger partial charge in [-0.25, -0.2) is 4.39 Å². The Morgan fingerprint density at radius 1 is 1.07 bits per heavy atom. The van der Waals surface area contributed by atoms with Gasteiger partial charge in [-0.1, -0.05) is 18.2 Å². The summed E-state index contributed by atoms with van der Waals surface area (Å²) in [6.07, 6.45) is 0. The molecule has 3 rings (SSSR count). The molecule has 2 N–H and O–H groups in total. The molecule has 0 aliphatic carbocycles. The molecule has 2 aromatic carbocycles. The van der Waals surface area contributed by atoms with E-state index < -0.39 is 11.7 Å². The monoisotopic (exact) mass is 366 g/mol. The van der Waals surface area contributed by atoms with Crippen molar-refractivity contribution in [3.8, 4) is 0 Å². The van der Waals surface area contributed by atoms with E-state index in [1.165, 1.54) is 22.9 Å². The van der Waals surface area contributed by atoms with Crippen molar-refractivity contribution in [2.45, 2.75) is 13.5 Å². The van der Waals surface area contributed by atoms with Crippen molar-refractivity contribution in [1.29, 1.82) is 0 Å². The van der Waals surface area contributed by atoms with Crippen LogP contribution in [0.5, 0.6) is 0 Å². The molecule has 3 aromatic rings. The molecule has 2 amide bonds. The van der Waals surface area contributed by atoms with Gasteiger partial charge in [0.1, 0.15) is 11.5 Å². The molecular formula is C20H19FN4O2. The molecule has 1 aromatic heterocycles. The average molecular weight is 366 g/mol. The summed E-state index contributed by atoms with van der Waals surface area (Å²) in [7, 11) is 1.71. The normalized spacial score (nSPS) is 10.5. The number of benzene rings is 2. The first-order valence-corrected chi connectivity index (χ1v) is 8.37. The lowest BCUT2D eigenvalue weighted by atomic mass is 10.1. The third kappa shape index (κ3) is 4.58. The maximum absolute atomic E-state index is 13.2. The predicted molar refractivity (Wildman–Crippen MR) is 99.9 cm³/mol. The minimum Gasteiger partial charge on any atom is -0.347 e. The zero-order valence-electron chi connectivity index (χ0n) is 15.0. The van der Waals surface area contributed by atoms with E-state index >= 15 is 0 Å². The van der Waals surface area contributed by atoms with Crippen LogP contribution >= 0.6 is 0 Å². The number of anilines is 1. The fourth-order valence-corrected chi connectivity index (χ4v) is 2.69. The standard InChI is InChI=1S/C20H19FN4O2/c1-13-9-18(25(2)24-13)20(27)22-12-14-5-3-8-17(10-14)23-19(26)15-6-4-7-16(21)11-15/h3-11H,12H2,1-2H3,(H,22,27)(H,23,26). The minimum absolute atomic E-state index is 0.229. The Balaban J connectivity index is 1.64. The zero-order chi connectivity index (χ0) is 19.4. The van der Waals surface area contributed by atoms with E-state index in [4.69, 9.17) is 0 Å². The van der Waals surface area contributed by atoms with Gasteiger partial charge in [0.25, 0.3) is 11.8 Å². The highest BCUT2D eigenvalue weighted by atomic mass is 19.1. The molecule has 0 saturated carbocycles. The maximum Gasteiger partial charge on any atom is 0.269 e. The molecule has 0 spiro atoms. The smallest absolute Gasteiger partial charge is 0.269 e. The van der Waals surface area contributed by atoms with E-state index in [0.29, 0.717) is 17.9 Å². The lowest BCUT2D eigenvalue weighted by Gasteiger charge is -2.09. The second kappa shape index (κ2) is 7.82. The van der Waals surface area contributed by atoms with Crippen LogP contribution in [0.1, 0.15) is 32.1 Å². The largest absolute Gasteiger partial charge is 0.347 e. The van der Waals surface area contributed by atoms with Gasteiger partial charge in [-0.2, -0.15) is 5.10 Å². The summed E-state index contributed by atoms with van der Waals surface area (Å²) in [5.74, 6) is -1.10. The summed E-state index contributed by atoms with van der Waals surface area (Å²) in [5.41, 5.74) is 2.86. The van der Waals surface area contributed by atoms with Gasteiger partial charge in [0.05, 0.1) is 5.69 Å². The number of carbonyl (C=O) groups is 2. The van der Waals surface area contributed by atoms with Crippen molar-refractivity contribution in [2.75, 3.05) is 5.32 Å². The molecule has 0 fully saturated rings. The van der Waals surface area contributed by atoms with Crippen molar-refractivity contribution in [1.82, 2.24) is 15.1 Å². The summed E-state index contributed by atoms with van der Waals surface area (Å²) < 4.78 is 14.8. The van der Waals surface area contributed by atoms with Gasteiger partial charge in [0.15, 0.2) is 0 Å². The highest BCUT2D eigenvalue weighted by Crippen LogP contribution is 2.13. The number of nitrogens with one attached hydrogen (secondary N) is 2. The highest BCUT2D eigenvalue weighted by molar-refractivity contribution is 6.04. The Morgan fingerprint density at radius 2 is 1.85 bits per heavy atom. The van der Waals surface area contributed by atoms with Crippen LogP contribution in [-0.4, -0.2) is 21.6 Å². The van der Waals surface area contributed by atoms with Gasteiger partial charge in [-0.3, -0.25) is 14.3 Å². The summed E-state index contributed by atoms with van der Waals surface area (Å²) in [6.45, 7) is 2.12. The highest BCUT2D eigenvalue weighted by Gasteiger charge is 2.12. The molecule has 138 valence electrons. The average Bonchev–Trinajstić information content (AvgIpc) is 2.98. The van der Waals surface area contributed by atoms with Crippen LogP contribution in [0.3, 0.4) is 0 Å². The topological polar surface area (TPSA) is 76.0 Å². The molecule has 0 atom stereocenters. The van der Waals surface area contributed by atoms with Gasteiger partial charge in [0, 0.05) is 24.8 Å². The van der Waals surface area contributed by atoms with E-state index in [1.807, 2.05) is 13.0 Å². The first-order chi connectivity index (χ1) is 12.9. The van der Waals surface area contributed by atoms with Crippen molar-refractivity contribution in [2.24, 2.45) is 7.05 Å². The van der Waals surface area contributed by atoms with E-state index in [2.05, 4.69) is 15.7 Å².